The third kappa shape index (κ3) is 3.62. The Labute approximate surface area is 162 Å². The smallest absolute Gasteiger partial charge is 0.277 e. The first-order valence-electron chi connectivity index (χ1n) is 9.09. The summed E-state index contributed by atoms with van der Waals surface area (Å²) in [6.45, 7) is 4.65. The Morgan fingerprint density at radius 3 is 2.78 bits per heavy atom. The molecule has 5 nitrogen and oxygen atoms in total. The van der Waals surface area contributed by atoms with Crippen LogP contribution in [0.15, 0.2) is 58.2 Å². The number of hydrogen-bond acceptors (Lipinski definition) is 5. The molecule has 0 radical (unpaired) electrons. The van der Waals surface area contributed by atoms with E-state index in [1.807, 2.05) is 61.2 Å². The summed E-state index contributed by atoms with van der Waals surface area (Å²) in [5, 5.41) is 8.38. The van der Waals surface area contributed by atoms with Crippen LogP contribution in [-0.2, 0) is 11.2 Å². The number of anilines is 1. The van der Waals surface area contributed by atoms with Gasteiger partial charge in [0.2, 0.25) is 11.8 Å². The van der Waals surface area contributed by atoms with Crippen LogP contribution in [0, 0.1) is 6.92 Å². The van der Waals surface area contributed by atoms with E-state index in [1.54, 1.807) is 0 Å². The molecule has 0 aliphatic carbocycles. The maximum absolute atomic E-state index is 13.0. The first-order chi connectivity index (χ1) is 13.1. The molecule has 1 aliphatic heterocycles. The predicted octanol–water partition coefficient (Wildman–Crippen LogP) is 4.51. The zero-order valence-electron chi connectivity index (χ0n) is 15.4. The Bertz CT molecular complexity index is 969. The van der Waals surface area contributed by atoms with Gasteiger partial charge in [0.15, 0.2) is 0 Å². The number of hydrogen-bond donors (Lipinski definition) is 0. The van der Waals surface area contributed by atoms with Crippen LogP contribution in [0.1, 0.15) is 24.5 Å². The molecule has 2 heterocycles. The van der Waals surface area contributed by atoms with Crippen molar-refractivity contribution in [3.63, 3.8) is 0 Å². The van der Waals surface area contributed by atoms with Crippen LogP contribution in [0.4, 0.5) is 5.69 Å². The normalized spacial score (nSPS) is 14.7. The molecule has 138 valence electrons. The van der Waals surface area contributed by atoms with E-state index in [0.717, 1.165) is 36.2 Å². The summed E-state index contributed by atoms with van der Waals surface area (Å²) in [6, 6.07) is 16.0. The average Bonchev–Trinajstić information content (AvgIpc) is 3.15. The van der Waals surface area contributed by atoms with Crippen LogP contribution in [0.5, 0.6) is 0 Å². The van der Waals surface area contributed by atoms with E-state index >= 15 is 0 Å². The number of benzene rings is 2. The van der Waals surface area contributed by atoms with Crippen molar-refractivity contribution >= 4 is 23.4 Å². The molecule has 6 heteroatoms. The molecule has 0 saturated heterocycles. The highest BCUT2D eigenvalue weighted by Crippen LogP contribution is 2.32. The monoisotopic (exact) mass is 379 g/mol. The number of aromatic nitrogens is 2. The highest BCUT2D eigenvalue weighted by Gasteiger charge is 2.28. The molecular weight excluding hydrogens is 358 g/mol. The summed E-state index contributed by atoms with van der Waals surface area (Å²) in [6.07, 6.45) is 2.00. The van der Waals surface area contributed by atoms with E-state index < -0.39 is 0 Å². The summed E-state index contributed by atoms with van der Waals surface area (Å²) < 4.78 is 5.80. The van der Waals surface area contributed by atoms with Crippen LogP contribution >= 0.6 is 11.8 Å². The van der Waals surface area contributed by atoms with Crippen molar-refractivity contribution in [3.8, 4) is 11.5 Å². The fourth-order valence-corrected chi connectivity index (χ4v) is 4.11. The number of thioether (sulfide) groups is 1. The van der Waals surface area contributed by atoms with Gasteiger partial charge in [-0.05, 0) is 49.9 Å². The lowest BCUT2D eigenvalue weighted by molar-refractivity contribution is -0.117. The van der Waals surface area contributed by atoms with E-state index in [4.69, 9.17) is 4.42 Å². The van der Waals surface area contributed by atoms with Crippen molar-refractivity contribution in [3.05, 3.63) is 59.7 Å². The topological polar surface area (TPSA) is 59.2 Å². The summed E-state index contributed by atoms with van der Waals surface area (Å²) in [5.74, 6) is 0.557. The summed E-state index contributed by atoms with van der Waals surface area (Å²) in [4.78, 5) is 14.9. The van der Waals surface area contributed by atoms with Crippen molar-refractivity contribution in [1.82, 2.24) is 10.2 Å². The first-order valence-corrected chi connectivity index (χ1v) is 9.97. The van der Waals surface area contributed by atoms with E-state index in [1.165, 1.54) is 17.3 Å². The summed E-state index contributed by atoms with van der Waals surface area (Å²) >= 11 is 1.31. The number of carbonyl (C=O) groups is 1. The minimum Gasteiger partial charge on any atom is -0.411 e. The Morgan fingerprint density at radius 2 is 1.93 bits per heavy atom. The Hall–Kier alpha value is -2.60. The molecule has 0 fully saturated rings. The first kappa shape index (κ1) is 17.8. The van der Waals surface area contributed by atoms with E-state index in [2.05, 4.69) is 16.3 Å². The molecule has 1 aliphatic rings. The maximum Gasteiger partial charge on any atom is 0.277 e. The van der Waals surface area contributed by atoms with Crippen molar-refractivity contribution in [2.45, 2.75) is 37.2 Å². The number of amides is 1. The lowest BCUT2D eigenvalue weighted by Gasteiger charge is -2.31. The second-order valence-electron chi connectivity index (χ2n) is 6.67. The van der Waals surface area contributed by atoms with Crippen molar-refractivity contribution < 1.29 is 9.21 Å². The van der Waals surface area contributed by atoms with Gasteiger partial charge >= 0.3 is 0 Å². The second-order valence-corrected chi connectivity index (χ2v) is 7.96. The number of carbonyl (C=O) groups excluding carboxylic acids is 1. The quantitative estimate of drug-likeness (QED) is 0.625. The molecule has 1 aromatic heterocycles. The number of rotatable bonds is 4. The average molecular weight is 379 g/mol. The lowest BCUT2D eigenvalue weighted by atomic mass is 10.0. The summed E-state index contributed by atoms with van der Waals surface area (Å²) in [5.41, 5.74) is 4.24. The molecule has 4 rings (SSSR count). The van der Waals surface area contributed by atoms with Crippen LogP contribution in [0.2, 0.25) is 0 Å². The molecule has 0 bridgehead atoms. The molecule has 0 saturated carbocycles. The van der Waals surface area contributed by atoms with Crippen LogP contribution in [0.25, 0.3) is 11.5 Å². The predicted molar refractivity (Wildman–Crippen MR) is 107 cm³/mol. The minimum absolute atomic E-state index is 0.0720. The Morgan fingerprint density at radius 1 is 1.15 bits per heavy atom. The van der Waals surface area contributed by atoms with Gasteiger partial charge in [-0.3, -0.25) is 4.79 Å². The molecule has 1 amide bonds. The minimum atomic E-state index is -0.304. The van der Waals surface area contributed by atoms with Crippen LogP contribution in [0.3, 0.4) is 0 Å². The fraction of sp³-hybridized carbons (Fsp3) is 0.286. The van der Waals surface area contributed by atoms with Gasteiger partial charge in [0.05, 0.1) is 5.25 Å². The van der Waals surface area contributed by atoms with Gasteiger partial charge in [-0.15, -0.1) is 10.2 Å². The number of nitrogens with zero attached hydrogens (tertiary/aromatic N) is 3. The molecule has 2 aromatic carbocycles. The SMILES string of the molecule is Cc1ccccc1-c1nnc(SC(C)C(=O)N2CCCc3ccccc32)o1. The van der Waals surface area contributed by atoms with Crippen molar-refractivity contribution in [2.75, 3.05) is 11.4 Å². The van der Waals surface area contributed by atoms with Crippen LogP contribution in [-0.4, -0.2) is 27.9 Å². The van der Waals surface area contributed by atoms with Gasteiger partial charge in [0.25, 0.3) is 5.22 Å². The Balaban J connectivity index is 1.50. The highest BCUT2D eigenvalue weighted by molar-refractivity contribution is 8.00. The zero-order valence-corrected chi connectivity index (χ0v) is 16.2. The zero-order chi connectivity index (χ0) is 18.8. The van der Waals surface area contributed by atoms with Gasteiger partial charge in [0, 0.05) is 17.8 Å². The largest absolute Gasteiger partial charge is 0.411 e. The van der Waals surface area contributed by atoms with Gasteiger partial charge in [-0.25, -0.2) is 0 Å². The molecule has 27 heavy (non-hydrogen) atoms. The number of fused-ring (bicyclic) bond motifs is 1. The number of aryl methyl sites for hydroxylation is 2. The molecule has 1 atom stereocenters. The van der Waals surface area contributed by atoms with Gasteiger partial charge in [-0.1, -0.05) is 48.2 Å². The van der Waals surface area contributed by atoms with E-state index in [-0.39, 0.29) is 11.2 Å². The molecular formula is C21H21N3O2S. The standard InChI is InChI=1S/C21H21N3O2S/c1-14-8-3-5-11-17(14)19-22-23-21(26-19)27-15(2)20(25)24-13-7-10-16-9-4-6-12-18(16)24/h3-6,8-9,11-12,15H,7,10,13H2,1-2H3. The molecule has 1 unspecified atom stereocenters. The van der Waals surface area contributed by atoms with E-state index in [9.17, 15) is 4.79 Å². The second kappa shape index (κ2) is 7.56. The molecule has 3 aromatic rings. The third-order valence-corrected chi connectivity index (χ3v) is 5.71. The molecule has 0 N–H and O–H groups in total. The highest BCUT2D eigenvalue weighted by atomic mass is 32.2. The van der Waals surface area contributed by atoms with Crippen LogP contribution < -0.4 is 4.90 Å². The van der Waals surface area contributed by atoms with Crippen molar-refractivity contribution in [2.24, 2.45) is 0 Å². The van der Waals surface area contributed by atoms with E-state index in [0.29, 0.717) is 11.1 Å². The van der Waals surface area contributed by atoms with Gasteiger partial charge in [-0.2, -0.15) is 0 Å². The van der Waals surface area contributed by atoms with Gasteiger partial charge in [0.1, 0.15) is 0 Å². The Kier molecular flexibility index (Phi) is 4.99. The fourth-order valence-electron chi connectivity index (χ4n) is 3.36. The molecule has 0 spiro atoms. The van der Waals surface area contributed by atoms with Crippen molar-refractivity contribution in [1.29, 1.82) is 0 Å². The van der Waals surface area contributed by atoms with Gasteiger partial charge < -0.3 is 9.32 Å². The summed E-state index contributed by atoms with van der Waals surface area (Å²) in [7, 11) is 0. The number of para-hydroxylation sites is 1. The maximum atomic E-state index is 13.0. The lowest BCUT2D eigenvalue weighted by Crippen LogP contribution is -2.40. The third-order valence-electron chi connectivity index (χ3n) is 4.78.